The summed E-state index contributed by atoms with van der Waals surface area (Å²) in [7, 11) is 20.0. The Morgan fingerprint density at radius 2 is 0.625 bits per heavy atom. The molecule has 0 atom stereocenters. The second-order valence-corrected chi connectivity index (χ2v) is 20.0. The summed E-state index contributed by atoms with van der Waals surface area (Å²) < 4.78 is 0. The van der Waals surface area contributed by atoms with Gasteiger partial charge < -0.3 is 18.5 Å². The fourth-order valence-corrected chi connectivity index (χ4v) is 0. The molecule has 0 bridgehead atoms. The zero-order valence-corrected chi connectivity index (χ0v) is 10.1. The summed E-state index contributed by atoms with van der Waals surface area (Å²) in [4.78, 5) is 0. The third kappa shape index (κ3) is 117. The summed E-state index contributed by atoms with van der Waals surface area (Å²) in [6.07, 6.45) is 0. The van der Waals surface area contributed by atoms with Crippen molar-refractivity contribution in [2.24, 2.45) is 0 Å². The van der Waals surface area contributed by atoms with Crippen molar-refractivity contribution >= 4 is 37.7 Å². The number of halogens is 4. The molecule has 8 heteroatoms. The molecule has 0 fully saturated rings. The molecule has 0 aliphatic carbocycles. The van der Waals surface area contributed by atoms with E-state index in [2.05, 4.69) is 0 Å². The van der Waals surface area contributed by atoms with E-state index in [0.29, 0.717) is 0 Å². The maximum absolute atomic E-state index is 5.01. The molecule has 0 saturated carbocycles. The third-order valence-corrected chi connectivity index (χ3v) is 0. The van der Waals surface area contributed by atoms with Gasteiger partial charge in [0.15, 0.2) is 0 Å². The van der Waals surface area contributed by atoms with Crippen molar-refractivity contribution in [1.82, 2.24) is 18.5 Å². The van der Waals surface area contributed by atoms with Gasteiger partial charge in [0.2, 0.25) is 0 Å². The third-order valence-electron chi connectivity index (χ3n) is 0. The Kier molecular flexibility index (Phi) is 24.6. The fourth-order valence-electron chi connectivity index (χ4n) is 0. The van der Waals surface area contributed by atoms with Crippen molar-refractivity contribution in [3.8, 4) is 0 Å². The minimum Gasteiger partial charge on any atom is -0.369 e. The Labute approximate surface area is 67.7 Å². The normalized spacial score (nSPS) is 9.50. The van der Waals surface area contributed by atoms with E-state index in [9.17, 15) is 0 Å². The van der Waals surface area contributed by atoms with E-state index in [1.807, 2.05) is 0 Å². The maximum atomic E-state index is 5.01. The topological polar surface area (TPSA) is 110 Å². The van der Waals surface area contributed by atoms with Crippen LogP contribution in [0.4, 0.5) is 0 Å². The van der Waals surface area contributed by atoms with Crippen molar-refractivity contribution < 1.29 is 11.9 Å². The van der Waals surface area contributed by atoms with Gasteiger partial charge in [0.05, 0.1) is 0 Å². The summed E-state index contributed by atoms with van der Waals surface area (Å²) in [5.41, 5.74) is 0. The van der Waals surface area contributed by atoms with Gasteiger partial charge in [0.25, 0.3) is 0 Å². The first-order valence-electron chi connectivity index (χ1n) is 0.478. The van der Waals surface area contributed by atoms with Crippen LogP contribution in [-0.4, -0.2) is 0 Å². The van der Waals surface area contributed by atoms with Crippen LogP contribution in [0.25, 0.3) is 0 Å². The Bertz CT molecular complexity index is 26.8. The predicted molar refractivity (Wildman–Crippen MR) is 41.4 cm³/mol. The molecule has 0 saturated heterocycles. The van der Waals surface area contributed by atoms with Gasteiger partial charge in [-0.25, -0.2) is 0 Å². The number of hydrogen-bond donors (Lipinski definition) is 3. The number of rotatable bonds is 0. The molecule has 0 heterocycles. The van der Waals surface area contributed by atoms with Crippen LogP contribution < -0.4 is 18.5 Å². The zero-order chi connectivity index (χ0) is 4.50. The van der Waals surface area contributed by atoms with Crippen LogP contribution in [0, 0.1) is 0 Å². The maximum Gasteiger partial charge on any atom is -0.369 e. The van der Waals surface area contributed by atoms with E-state index in [0.717, 1.165) is 0 Å². The van der Waals surface area contributed by atoms with Gasteiger partial charge in [-0.15, -0.1) is 0 Å². The predicted octanol–water partition coefficient (Wildman–Crippen LogP) is 3.88. The molecule has 12 N–H and O–H groups in total. The van der Waals surface area contributed by atoms with E-state index in [4.69, 9.17) is 37.7 Å². The Hall–Kier alpha value is 1.73. The van der Waals surface area contributed by atoms with Crippen LogP contribution in [-0.2, 0) is 11.9 Å². The molecule has 0 radical (unpaired) electrons. The zero-order valence-electron chi connectivity index (χ0n) is 4.83. The van der Waals surface area contributed by atoms with Crippen LogP contribution >= 0.6 is 37.7 Å². The quantitative estimate of drug-likeness (QED) is 0.557. The molecule has 0 unspecified atom stereocenters. The standard InChI is InChI=1S/4ClH.3H3N.Pt/h4*1H;3*1H3;/q;;;;;;;+1/p-1. The molecular weight excluding hydrogens is 379 g/mol. The molecule has 0 rings (SSSR count). The van der Waals surface area contributed by atoms with Gasteiger partial charge in [-0.3, -0.25) is 0 Å². The Morgan fingerprint density at radius 1 is 0.625 bits per heavy atom. The van der Waals surface area contributed by atoms with E-state index < -0.39 is 11.9 Å². The van der Waals surface area contributed by atoms with Crippen molar-refractivity contribution in [3.05, 3.63) is 0 Å². The monoisotopic (exact) mass is 389 g/mol. The van der Waals surface area contributed by atoms with Crippen LogP contribution in [0.3, 0.4) is 0 Å². The van der Waals surface area contributed by atoms with E-state index in [-0.39, 0.29) is 18.5 Å². The second kappa shape index (κ2) is 8.73. The molecule has 65 valence electrons. The average molecular weight is 391 g/mol. The molecule has 8 heavy (non-hydrogen) atoms. The molecule has 3 nitrogen and oxygen atoms in total. The molecule has 0 aromatic heterocycles. The van der Waals surface area contributed by atoms with Crippen molar-refractivity contribution in [3.63, 3.8) is 0 Å². The van der Waals surface area contributed by atoms with Crippen LogP contribution in [0.2, 0.25) is 0 Å². The summed E-state index contributed by atoms with van der Waals surface area (Å²) in [5.74, 6) is 0. The average Bonchev–Trinajstić information content (AvgIpc) is 0.722. The van der Waals surface area contributed by atoms with Crippen LogP contribution in [0.15, 0.2) is 0 Å². The van der Waals surface area contributed by atoms with Gasteiger partial charge >= 0.3 is 49.6 Å². The SMILES string of the molecule is [Cl][Pt-3]([Cl])([Cl])[Cl].[NH4+].[NH4+].[NH4+]. The first kappa shape index (κ1) is 22.6. The van der Waals surface area contributed by atoms with Crippen LogP contribution in [0.5, 0.6) is 0 Å². The van der Waals surface area contributed by atoms with Gasteiger partial charge in [0.1, 0.15) is 0 Å². The molecular formula is H12Cl4N3Pt. The van der Waals surface area contributed by atoms with Crippen molar-refractivity contribution in [2.75, 3.05) is 0 Å². The molecule has 0 spiro atoms. The minimum absolute atomic E-state index is 0. The van der Waals surface area contributed by atoms with E-state index >= 15 is 0 Å². The molecule has 0 aliphatic heterocycles. The smallest absolute Gasteiger partial charge is 0.369 e. The van der Waals surface area contributed by atoms with E-state index in [1.165, 1.54) is 0 Å². The van der Waals surface area contributed by atoms with Gasteiger partial charge in [0, 0.05) is 0 Å². The summed E-state index contributed by atoms with van der Waals surface area (Å²) in [5, 5.41) is 0. The number of hydrogen-bond acceptors (Lipinski definition) is 0. The summed E-state index contributed by atoms with van der Waals surface area (Å²) in [6.45, 7) is 0. The molecule has 0 aromatic carbocycles. The van der Waals surface area contributed by atoms with Crippen molar-refractivity contribution in [2.45, 2.75) is 0 Å². The first-order chi connectivity index (χ1) is 2.00. The Balaban J connectivity index is -0.0000000267. The van der Waals surface area contributed by atoms with Gasteiger partial charge in [-0.05, 0) is 0 Å². The molecule has 0 aliphatic rings. The van der Waals surface area contributed by atoms with Crippen LogP contribution in [0.1, 0.15) is 0 Å². The van der Waals surface area contributed by atoms with Gasteiger partial charge in [-0.1, -0.05) is 0 Å². The second-order valence-electron chi connectivity index (χ2n) is 0.271. The van der Waals surface area contributed by atoms with E-state index in [1.54, 1.807) is 0 Å². The van der Waals surface area contributed by atoms with Crippen molar-refractivity contribution in [1.29, 1.82) is 0 Å². The Morgan fingerprint density at radius 3 is 0.625 bits per heavy atom. The minimum atomic E-state index is -3.06. The first-order valence-corrected chi connectivity index (χ1v) is 11.7. The fraction of sp³-hybridized carbons (Fsp3) is 0. The number of quaternary nitrogens is 3. The largest absolute Gasteiger partial charge is 0.369 e. The molecule has 0 aromatic rings. The van der Waals surface area contributed by atoms with Gasteiger partial charge in [-0.2, -0.15) is 0 Å². The molecule has 0 amide bonds. The summed E-state index contributed by atoms with van der Waals surface area (Å²) in [6, 6.07) is 0. The summed E-state index contributed by atoms with van der Waals surface area (Å²) >= 11 is -3.06.